The van der Waals surface area contributed by atoms with Crippen molar-refractivity contribution in [3.8, 4) is 11.5 Å². The molecule has 3 heterocycles. The minimum Gasteiger partial charge on any atom is -0.370 e. The summed E-state index contributed by atoms with van der Waals surface area (Å²) in [5.74, 6) is 2.48. The largest absolute Gasteiger partial charge is 0.370 e. The van der Waals surface area contributed by atoms with Gasteiger partial charge < -0.3 is 10.2 Å². The van der Waals surface area contributed by atoms with E-state index in [-0.39, 0.29) is 0 Å². The SMILES string of the molecule is CCNc1cc(N2CCc3ccccc3CC2)nc(-c2ccccn2)n1. The van der Waals surface area contributed by atoms with Gasteiger partial charge in [-0.15, -0.1) is 0 Å². The predicted molar refractivity (Wildman–Crippen MR) is 105 cm³/mol. The van der Waals surface area contributed by atoms with Crippen molar-refractivity contribution in [1.82, 2.24) is 15.0 Å². The molecular formula is C21H23N5. The first kappa shape index (κ1) is 16.5. The van der Waals surface area contributed by atoms with Crippen LogP contribution in [0.2, 0.25) is 0 Å². The van der Waals surface area contributed by atoms with Crippen LogP contribution in [-0.4, -0.2) is 34.6 Å². The van der Waals surface area contributed by atoms with Gasteiger partial charge in [0.2, 0.25) is 0 Å². The molecule has 0 aliphatic carbocycles. The average molecular weight is 345 g/mol. The minimum atomic E-state index is 0.667. The predicted octanol–water partition coefficient (Wildman–Crippen LogP) is 3.58. The van der Waals surface area contributed by atoms with Crippen molar-refractivity contribution in [2.75, 3.05) is 29.9 Å². The Bertz CT molecular complexity index is 852. The Morgan fingerprint density at radius 3 is 2.35 bits per heavy atom. The molecule has 0 spiro atoms. The molecular weight excluding hydrogens is 322 g/mol. The van der Waals surface area contributed by atoms with E-state index in [0.717, 1.165) is 49.8 Å². The summed E-state index contributed by atoms with van der Waals surface area (Å²) in [4.78, 5) is 16.2. The van der Waals surface area contributed by atoms with Crippen LogP contribution in [0.5, 0.6) is 0 Å². The number of benzene rings is 1. The second kappa shape index (κ2) is 7.52. The second-order valence-electron chi connectivity index (χ2n) is 6.44. The van der Waals surface area contributed by atoms with Crippen LogP contribution in [-0.2, 0) is 12.8 Å². The highest BCUT2D eigenvalue weighted by Crippen LogP contribution is 2.24. The zero-order chi connectivity index (χ0) is 17.8. The molecule has 0 saturated heterocycles. The smallest absolute Gasteiger partial charge is 0.182 e. The average Bonchev–Trinajstić information content (AvgIpc) is 2.91. The fraction of sp³-hybridized carbons (Fsp3) is 0.286. The van der Waals surface area contributed by atoms with Crippen LogP contribution in [0, 0.1) is 0 Å². The van der Waals surface area contributed by atoms with Gasteiger partial charge in [0, 0.05) is 31.9 Å². The number of aromatic nitrogens is 3. The van der Waals surface area contributed by atoms with E-state index in [0.29, 0.717) is 5.82 Å². The van der Waals surface area contributed by atoms with Gasteiger partial charge in [0.1, 0.15) is 17.3 Å². The number of anilines is 2. The molecule has 0 unspecified atom stereocenters. The maximum absolute atomic E-state index is 4.83. The molecule has 5 heteroatoms. The lowest BCUT2D eigenvalue weighted by atomic mass is 10.0. The molecule has 5 nitrogen and oxygen atoms in total. The maximum atomic E-state index is 4.83. The standard InChI is InChI=1S/C21H23N5/c1-2-22-19-15-20(25-21(24-19)18-9-5-6-12-23-18)26-13-10-16-7-3-4-8-17(16)11-14-26/h3-9,12,15H,2,10-11,13-14H2,1H3,(H,22,24,25). The van der Waals surface area contributed by atoms with Crippen LogP contribution in [0.4, 0.5) is 11.6 Å². The third-order valence-electron chi connectivity index (χ3n) is 4.71. The number of fused-ring (bicyclic) bond motifs is 1. The minimum absolute atomic E-state index is 0.667. The van der Waals surface area contributed by atoms with Crippen LogP contribution in [0.1, 0.15) is 18.1 Å². The molecule has 0 radical (unpaired) electrons. The monoisotopic (exact) mass is 345 g/mol. The lowest BCUT2D eigenvalue weighted by molar-refractivity contribution is 0.789. The molecule has 2 aromatic heterocycles. The van der Waals surface area contributed by atoms with Crippen LogP contribution in [0.15, 0.2) is 54.7 Å². The summed E-state index contributed by atoms with van der Waals surface area (Å²) in [5, 5.41) is 3.32. The van der Waals surface area contributed by atoms with E-state index >= 15 is 0 Å². The lowest BCUT2D eigenvalue weighted by Gasteiger charge is -2.22. The van der Waals surface area contributed by atoms with Gasteiger partial charge in [0.15, 0.2) is 5.82 Å². The summed E-state index contributed by atoms with van der Waals surface area (Å²) < 4.78 is 0. The Morgan fingerprint density at radius 1 is 0.962 bits per heavy atom. The van der Waals surface area contributed by atoms with Gasteiger partial charge >= 0.3 is 0 Å². The summed E-state index contributed by atoms with van der Waals surface area (Å²) in [7, 11) is 0. The molecule has 0 bridgehead atoms. The number of hydrogen-bond acceptors (Lipinski definition) is 5. The van der Waals surface area contributed by atoms with E-state index in [2.05, 4.69) is 51.4 Å². The molecule has 0 saturated carbocycles. The Hall–Kier alpha value is -2.95. The van der Waals surface area contributed by atoms with Gasteiger partial charge in [-0.05, 0) is 43.0 Å². The molecule has 0 amide bonds. The topological polar surface area (TPSA) is 53.9 Å². The molecule has 1 aliphatic rings. The lowest BCUT2D eigenvalue weighted by Crippen LogP contribution is -2.27. The Kier molecular flexibility index (Phi) is 4.78. The highest BCUT2D eigenvalue weighted by Gasteiger charge is 2.17. The Labute approximate surface area is 154 Å². The van der Waals surface area contributed by atoms with Gasteiger partial charge in [-0.25, -0.2) is 9.97 Å². The van der Waals surface area contributed by atoms with Gasteiger partial charge in [0.25, 0.3) is 0 Å². The first-order valence-electron chi connectivity index (χ1n) is 9.19. The Balaban J connectivity index is 1.66. The fourth-order valence-electron chi connectivity index (χ4n) is 3.37. The van der Waals surface area contributed by atoms with E-state index in [4.69, 9.17) is 4.98 Å². The van der Waals surface area contributed by atoms with Crippen molar-refractivity contribution in [1.29, 1.82) is 0 Å². The highest BCUT2D eigenvalue weighted by molar-refractivity contribution is 5.59. The van der Waals surface area contributed by atoms with Crippen LogP contribution >= 0.6 is 0 Å². The molecule has 1 aromatic carbocycles. The summed E-state index contributed by atoms with van der Waals surface area (Å²) in [5.41, 5.74) is 3.69. The number of hydrogen-bond donors (Lipinski definition) is 1. The van der Waals surface area contributed by atoms with E-state index in [1.54, 1.807) is 6.20 Å². The highest BCUT2D eigenvalue weighted by atomic mass is 15.2. The molecule has 26 heavy (non-hydrogen) atoms. The van der Waals surface area contributed by atoms with Crippen LogP contribution in [0.3, 0.4) is 0 Å². The Morgan fingerprint density at radius 2 is 1.69 bits per heavy atom. The molecule has 3 aromatic rings. The summed E-state index contributed by atoms with van der Waals surface area (Å²) >= 11 is 0. The number of nitrogens with one attached hydrogen (secondary N) is 1. The molecule has 132 valence electrons. The molecule has 4 rings (SSSR count). The normalized spacial score (nSPS) is 13.8. The zero-order valence-electron chi connectivity index (χ0n) is 15.0. The van der Waals surface area contributed by atoms with Crippen molar-refractivity contribution in [3.63, 3.8) is 0 Å². The van der Waals surface area contributed by atoms with Gasteiger partial charge in [0.05, 0.1) is 0 Å². The number of rotatable bonds is 4. The van der Waals surface area contributed by atoms with E-state index in [1.807, 2.05) is 24.3 Å². The van der Waals surface area contributed by atoms with Crippen molar-refractivity contribution in [3.05, 3.63) is 65.9 Å². The maximum Gasteiger partial charge on any atom is 0.182 e. The van der Waals surface area contributed by atoms with Crippen molar-refractivity contribution in [2.24, 2.45) is 0 Å². The van der Waals surface area contributed by atoms with E-state index in [9.17, 15) is 0 Å². The van der Waals surface area contributed by atoms with Crippen molar-refractivity contribution >= 4 is 11.6 Å². The number of pyridine rings is 1. The van der Waals surface area contributed by atoms with Gasteiger partial charge in [-0.3, -0.25) is 4.98 Å². The summed E-state index contributed by atoms with van der Waals surface area (Å²) in [6.07, 6.45) is 3.85. The molecule has 1 aliphatic heterocycles. The summed E-state index contributed by atoms with van der Waals surface area (Å²) in [6, 6.07) is 16.6. The van der Waals surface area contributed by atoms with Crippen LogP contribution < -0.4 is 10.2 Å². The van der Waals surface area contributed by atoms with Crippen molar-refractivity contribution < 1.29 is 0 Å². The first-order chi connectivity index (χ1) is 12.8. The van der Waals surface area contributed by atoms with Gasteiger partial charge in [-0.2, -0.15) is 0 Å². The van der Waals surface area contributed by atoms with E-state index < -0.39 is 0 Å². The second-order valence-corrected chi connectivity index (χ2v) is 6.44. The van der Waals surface area contributed by atoms with Gasteiger partial charge in [-0.1, -0.05) is 30.3 Å². The quantitative estimate of drug-likeness (QED) is 0.783. The third kappa shape index (κ3) is 3.52. The number of nitrogens with zero attached hydrogens (tertiary/aromatic N) is 4. The summed E-state index contributed by atoms with van der Waals surface area (Å²) in [6.45, 7) is 4.82. The third-order valence-corrected chi connectivity index (χ3v) is 4.71. The fourth-order valence-corrected chi connectivity index (χ4v) is 3.37. The molecule has 1 N–H and O–H groups in total. The zero-order valence-corrected chi connectivity index (χ0v) is 15.0. The van der Waals surface area contributed by atoms with Crippen LogP contribution in [0.25, 0.3) is 11.5 Å². The van der Waals surface area contributed by atoms with Crippen molar-refractivity contribution in [2.45, 2.75) is 19.8 Å². The molecule has 0 fully saturated rings. The molecule has 0 atom stereocenters. The first-order valence-corrected chi connectivity index (χ1v) is 9.19. The van der Waals surface area contributed by atoms with E-state index in [1.165, 1.54) is 11.1 Å².